The number of anilines is 2. The molecule has 0 atom stereocenters. The summed E-state index contributed by atoms with van der Waals surface area (Å²) in [5, 5.41) is 0. The zero-order chi connectivity index (χ0) is 13.8. The van der Waals surface area contributed by atoms with E-state index in [1.54, 1.807) is 19.1 Å². The number of halogens is 1. The lowest BCUT2D eigenvalue weighted by Gasteiger charge is -2.23. The molecule has 0 radical (unpaired) electrons. The number of ketones is 1. The second-order valence-electron chi connectivity index (χ2n) is 4.32. The zero-order valence-corrected chi connectivity index (χ0v) is 11.1. The van der Waals surface area contributed by atoms with Crippen LogP contribution in [0.15, 0.2) is 48.5 Å². The van der Waals surface area contributed by atoms with Crippen molar-refractivity contribution in [3.63, 3.8) is 0 Å². The summed E-state index contributed by atoms with van der Waals surface area (Å²) < 4.78 is 12.9. The smallest absolute Gasteiger partial charge is 0.159 e. The minimum atomic E-state index is -0.244. The molecule has 2 aromatic carbocycles. The highest BCUT2D eigenvalue weighted by Crippen LogP contribution is 2.25. The fraction of sp³-hybridized carbons (Fsp3) is 0.188. The van der Waals surface area contributed by atoms with Crippen LogP contribution in [0.2, 0.25) is 0 Å². The third-order valence-corrected chi connectivity index (χ3v) is 3.04. The Hall–Kier alpha value is -2.16. The van der Waals surface area contributed by atoms with Crippen LogP contribution in [0, 0.1) is 5.82 Å². The number of benzene rings is 2. The second kappa shape index (κ2) is 5.65. The number of Topliss-reactive ketones (excluding diaryl/α,β-unsaturated/α-hetero) is 1. The van der Waals surface area contributed by atoms with E-state index in [1.807, 2.05) is 31.2 Å². The summed E-state index contributed by atoms with van der Waals surface area (Å²) >= 11 is 0. The maximum Gasteiger partial charge on any atom is 0.159 e. The molecule has 0 aliphatic rings. The zero-order valence-electron chi connectivity index (χ0n) is 11.1. The number of rotatable bonds is 4. The number of carbonyl (C=O) groups excluding carboxylic acids is 1. The number of hydrogen-bond donors (Lipinski definition) is 0. The third kappa shape index (κ3) is 2.99. The van der Waals surface area contributed by atoms with E-state index in [-0.39, 0.29) is 11.6 Å². The molecule has 2 rings (SSSR count). The van der Waals surface area contributed by atoms with E-state index in [4.69, 9.17) is 0 Å². The van der Waals surface area contributed by atoms with Crippen LogP contribution in [-0.4, -0.2) is 12.3 Å². The van der Waals surface area contributed by atoms with Crippen LogP contribution in [0.5, 0.6) is 0 Å². The van der Waals surface area contributed by atoms with Gasteiger partial charge in [-0.05, 0) is 62.4 Å². The van der Waals surface area contributed by atoms with Gasteiger partial charge < -0.3 is 4.90 Å². The minimum absolute atomic E-state index is 0.0522. The lowest BCUT2D eigenvalue weighted by atomic mass is 10.1. The largest absolute Gasteiger partial charge is 0.342 e. The second-order valence-corrected chi connectivity index (χ2v) is 4.32. The summed E-state index contributed by atoms with van der Waals surface area (Å²) in [6.07, 6.45) is 0. The molecule has 0 bridgehead atoms. The van der Waals surface area contributed by atoms with E-state index >= 15 is 0 Å². The summed E-state index contributed by atoms with van der Waals surface area (Å²) in [4.78, 5) is 13.3. The molecule has 0 unspecified atom stereocenters. The Balaban J connectivity index is 2.31. The van der Waals surface area contributed by atoms with Gasteiger partial charge in [0.15, 0.2) is 5.78 Å². The van der Waals surface area contributed by atoms with Crippen LogP contribution in [0.4, 0.5) is 15.8 Å². The van der Waals surface area contributed by atoms with Gasteiger partial charge >= 0.3 is 0 Å². The van der Waals surface area contributed by atoms with Gasteiger partial charge in [0, 0.05) is 23.5 Å². The molecule has 0 heterocycles. The van der Waals surface area contributed by atoms with Gasteiger partial charge in [-0.2, -0.15) is 0 Å². The van der Waals surface area contributed by atoms with Crippen molar-refractivity contribution >= 4 is 17.2 Å². The molecular weight excluding hydrogens is 241 g/mol. The third-order valence-electron chi connectivity index (χ3n) is 3.04. The molecule has 98 valence electrons. The predicted molar refractivity (Wildman–Crippen MR) is 75.5 cm³/mol. The van der Waals surface area contributed by atoms with E-state index in [2.05, 4.69) is 4.90 Å². The summed E-state index contributed by atoms with van der Waals surface area (Å²) in [7, 11) is 0. The van der Waals surface area contributed by atoms with Crippen molar-refractivity contribution in [1.29, 1.82) is 0 Å². The van der Waals surface area contributed by atoms with Gasteiger partial charge in [0.2, 0.25) is 0 Å². The molecule has 0 aliphatic carbocycles. The maximum atomic E-state index is 12.9. The van der Waals surface area contributed by atoms with E-state index in [9.17, 15) is 9.18 Å². The Kier molecular flexibility index (Phi) is 3.95. The van der Waals surface area contributed by atoms with Crippen LogP contribution >= 0.6 is 0 Å². The van der Waals surface area contributed by atoms with Gasteiger partial charge in [-0.15, -0.1) is 0 Å². The monoisotopic (exact) mass is 257 g/mol. The van der Waals surface area contributed by atoms with Crippen LogP contribution in [0.3, 0.4) is 0 Å². The van der Waals surface area contributed by atoms with Crippen molar-refractivity contribution in [3.8, 4) is 0 Å². The predicted octanol–water partition coefficient (Wildman–Crippen LogP) is 4.19. The molecule has 0 aliphatic heterocycles. The number of hydrogen-bond acceptors (Lipinski definition) is 2. The summed E-state index contributed by atoms with van der Waals surface area (Å²) in [5.41, 5.74) is 2.61. The van der Waals surface area contributed by atoms with Crippen molar-refractivity contribution in [2.45, 2.75) is 13.8 Å². The first-order valence-electron chi connectivity index (χ1n) is 6.26. The molecule has 0 saturated carbocycles. The van der Waals surface area contributed by atoms with E-state index in [1.165, 1.54) is 12.1 Å². The minimum Gasteiger partial charge on any atom is -0.342 e. The lowest BCUT2D eigenvalue weighted by Crippen LogP contribution is -2.15. The first kappa shape index (κ1) is 13.3. The Morgan fingerprint density at radius 1 is 1.00 bits per heavy atom. The first-order valence-corrected chi connectivity index (χ1v) is 6.26. The molecule has 2 aromatic rings. The Bertz CT molecular complexity index is 560. The standard InChI is InChI=1S/C16H16FNO/c1-3-18(16-10-6-14(17)7-11-16)15-8-4-13(5-9-15)12(2)19/h4-11H,3H2,1-2H3. The topological polar surface area (TPSA) is 20.3 Å². The normalized spacial score (nSPS) is 10.3. The summed E-state index contributed by atoms with van der Waals surface area (Å²) in [5.74, 6) is -0.192. The van der Waals surface area contributed by atoms with Crippen molar-refractivity contribution in [2.24, 2.45) is 0 Å². The van der Waals surface area contributed by atoms with Crippen LogP contribution < -0.4 is 4.90 Å². The van der Waals surface area contributed by atoms with Crippen LogP contribution in [0.1, 0.15) is 24.2 Å². The van der Waals surface area contributed by atoms with Gasteiger partial charge in [-0.3, -0.25) is 4.79 Å². The molecule has 3 heteroatoms. The number of carbonyl (C=O) groups is 1. The fourth-order valence-corrected chi connectivity index (χ4v) is 2.01. The molecular formula is C16H16FNO. The average Bonchev–Trinajstić information content (AvgIpc) is 2.42. The quantitative estimate of drug-likeness (QED) is 0.765. The SMILES string of the molecule is CCN(c1ccc(F)cc1)c1ccc(C(C)=O)cc1. The highest BCUT2D eigenvalue weighted by Gasteiger charge is 2.08. The van der Waals surface area contributed by atoms with Crippen molar-refractivity contribution in [1.82, 2.24) is 0 Å². The van der Waals surface area contributed by atoms with Crippen molar-refractivity contribution in [2.75, 3.05) is 11.4 Å². The summed E-state index contributed by atoms with van der Waals surface area (Å²) in [6, 6.07) is 13.8. The molecule has 0 fully saturated rings. The Labute approximate surface area is 112 Å². The van der Waals surface area contributed by atoms with Crippen LogP contribution in [-0.2, 0) is 0 Å². The van der Waals surface area contributed by atoms with Gasteiger partial charge in [0.1, 0.15) is 5.82 Å². The molecule has 0 spiro atoms. The Morgan fingerprint density at radius 3 is 1.89 bits per heavy atom. The van der Waals surface area contributed by atoms with Gasteiger partial charge in [-0.25, -0.2) is 4.39 Å². The summed E-state index contributed by atoms with van der Waals surface area (Å²) in [6.45, 7) is 4.35. The van der Waals surface area contributed by atoms with E-state index < -0.39 is 0 Å². The van der Waals surface area contributed by atoms with Gasteiger partial charge in [0.25, 0.3) is 0 Å². The maximum absolute atomic E-state index is 12.9. The fourth-order valence-electron chi connectivity index (χ4n) is 2.01. The van der Waals surface area contributed by atoms with Crippen LogP contribution in [0.25, 0.3) is 0 Å². The molecule has 19 heavy (non-hydrogen) atoms. The first-order chi connectivity index (χ1) is 9.11. The highest BCUT2D eigenvalue weighted by atomic mass is 19.1. The lowest BCUT2D eigenvalue weighted by molar-refractivity contribution is 0.101. The van der Waals surface area contributed by atoms with Crippen molar-refractivity contribution < 1.29 is 9.18 Å². The van der Waals surface area contributed by atoms with Crippen molar-refractivity contribution in [3.05, 3.63) is 59.9 Å². The number of nitrogens with zero attached hydrogens (tertiary/aromatic N) is 1. The average molecular weight is 257 g/mol. The molecule has 2 nitrogen and oxygen atoms in total. The molecule has 0 N–H and O–H groups in total. The van der Waals surface area contributed by atoms with E-state index in [0.717, 1.165) is 17.9 Å². The highest BCUT2D eigenvalue weighted by molar-refractivity contribution is 5.94. The van der Waals surface area contributed by atoms with Gasteiger partial charge in [0.05, 0.1) is 0 Å². The van der Waals surface area contributed by atoms with Gasteiger partial charge in [-0.1, -0.05) is 0 Å². The molecule has 0 saturated heterocycles. The molecule has 0 amide bonds. The van der Waals surface area contributed by atoms with E-state index in [0.29, 0.717) is 5.56 Å². The Morgan fingerprint density at radius 2 is 1.47 bits per heavy atom. The molecule has 0 aromatic heterocycles.